The Morgan fingerprint density at radius 1 is 1.75 bits per heavy atom. The van der Waals surface area contributed by atoms with Crippen LogP contribution in [0, 0.1) is 5.92 Å². The van der Waals surface area contributed by atoms with Gasteiger partial charge in [-0.15, -0.1) is 0 Å². The second-order valence-corrected chi connectivity index (χ2v) is 3.50. The molecule has 1 fully saturated rings. The highest BCUT2D eigenvalue weighted by atomic mass is 15.2. The minimum atomic E-state index is 0.665. The lowest BCUT2D eigenvalue weighted by Crippen LogP contribution is -2.09. The smallest absolute Gasteiger partial charge is 0.202 e. The molecule has 2 atom stereocenters. The maximum Gasteiger partial charge on any atom is 0.202 e. The standard InChI is InChI=1S/C9H15N3/c1-3-12-5-4-10-9(12)11-8-6-7(8)2/h4-5,7-8H,3,6H2,1-2H3,(H,10,11). The molecule has 2 unspecified atom stereocenters. The summed E-state index contributed by atoms with van der Waals surface area (Å²) in [6, 6.07) is 0.665. The van der Waals surface area contributed by atoms with Gasteiger partial charge in [0.2, 0.25) is 5.95 Å². The third-order valence-electron chi connectivity index (χ3n) is 2.48. The van der Waals surface area contributed by atoms with Gasteiger partial charge in [0.15, 0.2) is 0 Å². The maximum absolute atomic E-state index is 4.25. The van der Waals surface area contributed by atoms with Crippen molar-refractivity contribution in [2.45, 2.75) is 32.9 Å². The molecule has 2 rings (SSSR count). The Morgan fingerprint density at radius 2 is 2.50 bits per heavy atom. The van der Waals surface area contributed by atoms with E-state index in [0.29, 0.717) is 6.04 Å². The number of nitrogens with zero attached hydrogens (tertiary/aromatic N) is 2. The summed E-state index contributed by atoms with van der Waals surface area (Å²) in [6.07, 6.45) is 5.14. The van der Waals surface area contributed by atoms with Crippen molar-refractivity contribution in [3.8, 4) is 0 Å². The van der Waals surface area contributed by atoms with E-state index in [1.165, 1.54) is 6.42 Å². The van der Waals surface area contributed by atoms with Gasteiger partial charge in [0.05, 0.1) is 0 Å². The zero-order valence-electron chi connectivity index (χ0n) is 7.62. The first-order valence-corrected chi connectivity index (χ1v) is 4.59. The number of anilines is 1. The highest BCUT2D eigenvalue weighted by Crippen LogP contribution is 2.31. The molecule has 0 radical (unpaired) electrons. The van der Waals surface area contributed by atoms with E-state index >= 15 is 0 Å². The lowest BCUT2D eigenvalue weighted by Gasteiger charge is -2.05. The molecule has 0 saturated heterocycles. The maximum atomic E-state index is 4.25. The molecule has 0 spiro atoms. The molecule has 0 aliphatic heterocycles. The van der Waals surface area contributed by atoms with Gasteiger partial charge >= 0.3 is 0 Å². The molecule has 66 valence electrons. The van der Waals surface area contributed by atoms with Crippen LogP contribution in [0.2, 0.25) is 0 Å². The van der Waals surface area contributed by atoms with Gasteiger partial charge in [0, 0.05) is 25.0 Å². The van der Waals surface area contributed by atoms with E-state index < -0.39 is 0 Å². The van der Waals surface area contributed by atoms with Gasteiger partial charge in [0.1, 0.15) is 0 Å². The molecule has 3 nitrogen and oxygen atoms in total. The molecular formula is C9H15N3. The summed E-state index contributed by atoms with van der Waals surface area (Å²) < 4.78 is 2.13. The number of imidazole rings is 1. The van der Waals surface area contributed by atoms with Crippen LogP contribution in [0.15, 0.2) is 12.4 Å². The van der Waals surface area contributed by atoms with E-state index in [2.05, 4.69) is 28.7 Å². The fourth-order valence-electron chi connectivity index (χ4n) is 1.39. The molecule has 12 heavy (non-hydrogen) atoms. The molecule has 1 N–H and O–H groups in total. The summed E-state index contributed by atoms with van der Waals surface area (Å²) in [4.78, 5) is 4.25. The summed E-state index contributed by atoms with van der Waals surface area (Å²) in [5.41, 5.74) is 0. The summed E-state index contributed by atoms with van der Waals surface area (Å²) in [5.74, 6) is 1.85. The van der Waals surface area contributed by atoms with Crippen molar-refractivity contribution in [3.05, 3.63) is 12.4 Å². The second kappa shape index (κ2) is 2.81. The van der Waals surface area contributed by atoms with Crippen LogP contribution in [0.5, 0.6) is 0 Å². The van der Waals surface area contributed by atoms with Gasteiger partial charge in [-0.3, -0.25) is 0 Å². The van der Waals surface area contributed by atoms with Crippen molar-refractivity contribution >= 4 is 5.95 Å². The Bertz CT molecular complexity index is 266. The van der Waals surface area contributed by atoms with E-state index in [0.717, 1.165) is 18.4 Å². The van der Waals surface area contributed by atoms with Crippen LogP contribution >= 0.6 is 0 Å². The molecule has 1 aromatic heterocycles. The zero-order chi connectivity index (χ0) is 8.55. The van der Waals surface area contributed by atoms with Crippen molar-refractivity contribution < 1.29 is 0 Å². The van der Waals surface area contributed by atoms with E-state index in [-0.39, 0.29) is 0 Å². The Balaban J connectivity index is 2.02. The first-order valence-electron chi connectivity index (χ1n) is 4.59. The van der Waals surface area contributed by atoms with Crippen molar-refractivity contribution in [2.24, 2.45) is 5.92 Å². The third-order valence-corrected chi connectivity index (χ3v) is 2.48. The minimum Gasteiger partial charge on any atom is -0.353 e. The molecule has 1 aromatic rings. The Morgan fingerprint density at radius 3 is 3.08 bits per heavy atom. The van der Waals surface area contributed by atoms with Crippen molar-refractivity contribution in [2.75, 3.05) is 5.32 Å². The number of nitrogens with one attached hydrogen (secondary N) is 1. The van der Waals surface area contributed by atoms with Gasteiger partial charge in [-0.2, -0.15) is 0 Å². The fraction of sp³-hybridized carbons (Fsp3) is 0.667. The van der Waals surface area contributed by atoms with Crippen molar-refractivity contribution in [1.29, 1.82) is 0 Å². The highest BCUT2D eigenvalue weighted by Gasteiger charge is 2.33. The van der Waals surface area contributed by atoms with Crippen molar-refractivity contribution in [1.82, 2.24) is 9.55 Å². The lowest BCUT2D eigenvalue weighted by molar-refractivity contribution is 0.758. The summed E-state index contributed by atoms with van der Waals surface area (Å²) in [7, 11) is 0. The summed E-state index contributed by atoms with van der Waals surface area (Å²) >= 11 is 0. The fourth-order valence-corrected chi connectivity index (χ4v) is 1.39. The minimum absolute atomic E-state index is 0.665. The number of aromatic nitrogens is 2. The molecule has 1 aliphatic carbocycles. The average molecular weight is 165 g/mol. The number of hydrogen-bond donors (Lipinski definition) is 1. The summed E-state index contributed by atoms with van der Waals surface area (Å²) in [5, 5.41) is 3.42. The number of aryl methyl sites for hydroxylation is 1. The molecule has 1 heterocycles. The number of hydrogen-bond acceptors (Lipinski definition) is 2. The largest absolute Gasteiger partial charge is 0.353 e. The van der Waals surface area contributed by atoms with Gasteiger partial charge in [-0.1, -0.05) is 6.92 Å². The quantitative estimate of drug-likeness (QED) is 0.739. The van der Waals surface area contributed by atoms with Crippen LogP contribution in [0.25, 0.3) is 0 Å². The van der Waals surface area contributed by atoms with Gasteiger partial charge in [0.25, 0.3) is 0 Å². The molecule has 0 aromatic carbocycles. The molecule has 1 saturated carbocycles. The van der Waals surface area contributed by atoms with E-state index in [1.807, 2.05) is 12.4 Å². The van der Waals surface area contributed by atoms with Crippen LogP contribution < -0.4 is 5.32 Å². The van der Waals surface area contributed by atoms with E-state index in [4.69, 9.17) is 0 Å². The Hall–Kier alpha value is -0.990. The van der Waals surface area contributed by atoms with Crippen LogP contribution in [0.4, 0.5) is 5.95 Å². The SMILES string of the molecule is CCn1ccnc1NC1CC1C. The van der Waals surface area contributed by atoms with Gasteiger partial charge in [-0.25, -0.2) is 4.98 Å². The van der Waals surface area contributed by atoms with Crippen LogP contribution in [-0.2, 0) is 6.54 Å². The first kappa shape index (κ1) is 7.65. The topological polar surface area (TPSA) is 29.9 Å². The van der Waals surface area contributed by atoms with E-state index in [9.17, 15) is 0 Å². The first-order chi connectivity index (χ1) is 5.81. The summed E-state index contributed by atoms with van der Waals surface area (Å²) in [6.45, 7) is 5.38. The van der Waals surface area contributed by atoms with E-state index in [1.54, 1.807) is 0 Å². The van der Waals surface area contributed by atoms with Crippen LogP contribution in [-0.4, -0.2) is 15.6 Å². The highest BCUT2D eigenvalue weighted by molar-refractivity contribution is 5.30. The molecule has 1 aliphatic rings. The monoisotopic (exact) mass is 165 g/mol. The predicted octanol–water partition coefficient (Wildman–Crippen LogP) is 1.72. The third kappa shape index (κ3) is 1.31. The molecule has 3 heteroatoms. The predicted molar refractivity (Wildman–Crippen MR) is 49.1 cm³/mol. The lowest BCUT2D eigenvalue weighted by atomic mass is 10.5. The second-order valence-electron chi connectivity index (χ2n) is 3.50. The van der Waals surface area contributed by atoms with Crippen molar-refractivity contribution in [3.63, 3.8) is 0 Å². The normalized spacial score (nSPS) is 27.2. The zero-order valence-corrected chi connectivity index (χ0v) is 7.62. The Kier molecular flexibility index (Phi) is 1.79. The average Bonchev–Trinajstić information content (AvgIpc) is 2.62. The van der Waals surface area contributed by atoms with Gasteiger partial charge in [-0.05, 0) is 19.3 Å². The molecule has 0 amide bonds. The molecular weight excluding hydrogens is 150 g/mol. The molecule has 0 bridgehead atoms. The van der Waals surface area contributed by atoms with Crippen LogP contribution in [0.3, 0.4) is 0 Å². The Labute approximate surface area is 72.8 Å². The number of rotatable bonds is 3. The van der Waals surface area contributed by atoms with Gasteiger partial charge < -0.3 is 9.88 Å². The van der Waals surface area contributed by atoms with Crippen LogP contribution in [0.1, 0.15) is 20.3 Å².